The minimum absolute atomic E-state index is 0.0585. The number of methoxy groups -OCH3 is 1. The molecule has 1 aromatic heterocycles. The molecule has 1 rings (SSSR count). The highest BCUT2D eigenvalue weighted by Gasteiger charge is 2.27. The van der Waals surface area contributed by atoms with Crippen molar-refractivity contribution in [1.29, 1.82) is 0 Å². The Hall–Kier alpha value is -1.39. The van der Waals surface area contributed by atoms with E-state index in [1.165, 1.54) is 0 Å². The number of halogens is 3. The molecule has 1 aromatic rings. The third-order valence-corrected chi connectivity index (χ3v) is 2.61. The van der Waals surface area contributed by atoms with Crippen LogP contribution in [-0.4, -0.2) is 23.0 Å². The van der Waals surface area contributed by atoms with Gasteiger partial charge in [0, 0.05) is 6.07 Å². The second-order valence-corrected chi connectivity index (χ2v) is 4.24. The number of alkyl halides is 2. The maximum atomic E-state index is 12.8. The Kier molecular flexibility index (Phi) is 4.87. The van der Waals surface area contributed by atoms with E-state index < -0.39 is 40.7 Å². The summed E-state index contributed by atoms with van der Waals surface area (Å²) in [7, 11) is 1.07. The summed E-state index contributed by atoms with van der Waals surface area (Å²) in [5.41, 5.74) is -1.74. The first-order valence-corrected chi connectivity index (χ1v) is 5.63. The zero-order chi connectivity index (χ0) is 13.9. The Balaban J connectivity index is 3.40. The van der Waals surface area contributed by atoms with E-state index in [1.807, 2.05) is 0 Å². The lowest BCUT2D eigenvalue weighted by atomic mass is 10.1. The van der Waals surface area contributed by atoms with E-state index in [9.17, 15) is 23.7 Å². The molecule has 0 unspecified atom stereocenters. The predicted molar refractivity (Wildman–Crippen MR) is 64.3 cm³/mol. The number of carbonyl (C=O) groups is 1. The van der Waals surface area contributed by atoms with Crippen LogP contribution in [0.25, 0.3) is 0 Å². The van der Waals surface area contributed by atoms with Gasteiger partial charge in [0.2, 0.25) is 0 Å². The lowest BCUT2D eigenvalue weighted by molar-refractivity contribution is -0.385. The molecule has 0 saturated carbocycles. The first kappa shape index (κ1) is 14.7. The van der Waals surface area contributed by atoms with Crippen LogP contribution < -0.4 is 0 Å². The average molecular weight is 372 g/mol. The SMILES string of the molecule is COC(=O)Cc1c([N+](=O)[O-])cc(I)nc1C(F)F. The molecular formula is C9H7F2IN2O4. The molecule has 98 valence electrons. The molecule has 1 heterocycles. The Morgan fingerprint density at radius 2 is 2.28 bits per heavy atom. The van der Waals surface area contributed by atoms with Gasteiger partial charge in [0.25, 0.3) is 12.1 Å². The third-order valence-electron chi connectivity index (χ3n) is 2.05. The molecule has 18 heavy (non-hydrogen) atoms. The van der Waals surface area contributed by atoms with Gasteiger partial charge in [-0.05, 0) is 22.6 Å². The number of pyridine rings is 1. The second kappa shape index (κ2) is 5.98. The second-order valence-electron chi connectivity index (χ2n) is 3.14. The minimum Gasteiger partial charge on any atom is -0.469 e. The number of ether oxygens (including phenoxy) is 1. The van der Waals surface area contributed by atoms with E-state index in [2.05, 4.69) is 9.72 Å². The number of nitrogens with zero attached hydrogens (tertiary/aromatic N) is 2. The Bertz CT molecular complexity index is 496. The summed E-state index contributed by atoms with van der Waals surface area (Å²) < 4.78 is 29.9. The van der Waals surface area contributed by atoms with E-state index >= 15 is 0 Å². The van der Waals surface area contributed by atoms with Gasteiger partial charge in [-0.15, -0.1) is 0 Å². The Morgan fingerprint density at radius 3 is 2.72 bits per heavy atom. The molecule has 0 N–H and O–H groups in total. The van der Waals surface area contributed by atoms with Gasteiger partial charge in [-0.1, -0.05) is 0 Å². The Morgan fingerprint density at radius 1 is 1.67 bits per heavy atom. The lowest BCUT2D eigenvalue weighted by Gasteiger charge is -2.08. The van der Waals surface area contributed by atoms with Crippen LogP contribution in [0.5, 0.6) is 0 Å². The van der Waals surface area contributed by atoms with Crippen molar-refractivity contribution >= 4 is 34.2 Å². The van der Waals surface area contributed by atoms with Gasteiger partial charge in [0.15, 0.2) is 0 Å². The van der Waals surface area contributed by atoms with Crippen molar-refractivity contribution in [2.75, 3.05) is 7.11 Å². The average Bonchev–Trinajstić information content (AvgIpc) is 2.29. The fourth-order valence-electron chi connectivity index (χ4n) is 1.29. The summed E-state index contributed by atoms with van der Waals surface area (Å²) in [5, 5.41) is 10.8. The molecule has 0 radical (unpaired) electrons. The van der Waals surface area contributed by atoms with Crippen molar-refractivity contribution in [3.8, 4) is 0 Å². The quantitative estimate of drug-likeness (QED) is 0.266. The minimum atomic E-state index is -3.00. The van der Waals surface area contributed by atoms with Crippen LogP contribution in [0, 0.1) is 13.8 Å². The number of hydrogen-bond donors (Lipinski definition) is 0. The summed E-state index contributed by atoms with van der Waals surface area (Å²) in [5.74, 6) is -0.844. The highest BCUT2D eigenvalue weighted by molar-refractivity contribution is 14.1. The number of rotatable bonds is 4. The van der Waals surface area contributed by atoms with E-state index in [0.29, 0.717) is 0 Å². The topological polar surface area (TPSA) is 82.3 Å². The van der Waals surface area contributed by atoms with Crippen LogP contribution in [0.2, 0.25) is 0 Å². The number of nitro groups is 1. The molecule has 0 aromatic carbocycles. The molecule has 0 aliphatic heterocycles. The predicted octanol–water partition coefficient (Wildman–Crippen LogP) is 2.25. The van der Waals surface area contributed by atoms with E-state index in [4.69, 9.17) is 0 Å². The molecule has 0 saturated heterocycles. The van der Waals surface area contributed by atoms with E-state index in [0.717, 1.165) is 13.2 Å². The van der Waals surface area contributed by atoms with Crippen LogP contribution in [0.3, 0.4) is 0 Å². The van der Waals surface area contributed by atoms with Crippen LogP contribution in [-0.2, 0) is 16.0 Å². The van der Waals surface area contributed by atoms with Crippen molar-refractivity contribution in [3.63, 3.8) is 0 Å². The molecule has 9 heteroatoms. The molecular weight excluding hydrogens is 365 g/mol. The van der Waals surface area contributed by atoms with E-state index in [-0.39, 0.29) is 3.70 Å². The van der Waals surface area contributed by atoms with Crippen molar-refractivity contribution in [2.24, 2.45) is 0 Å². The molecule has 0 atom stereocenters. The molecule has 0 aliphatic carbocycles. The maximum Gasteiger partial charge on any atom is 0.310 e. The summed E-state index contributed by atoms with van der Waals surface area (Å²) in [6.07, 6.45) is -3.62. The van der Waals surface area contributed by atoms with E-state index in [1.54, 1.807) is 22.6 Å². The van der Waals surface area contributed by atoms with Crippen LogP contribution in [0.1, 0.15) is 17.7 Å². The maximum absolute atomic E-state index is 12.8. The Labute approximate surface area is 114 Å². The standard InChI is InChI=1S/C9H7F2IN2O4/c1-18-7(15)2-4-5(14(16)17)3-6(12)13-8(4)9(10)11/h3,9H,2H2,1H3. The van der Waals surface area contributed by atoms with Crippen LogP contribution in [0.15, 0.2) is 6.07 Å². The summed E-state index contributed by atoms with van der Waals surface area (Å²) >= 11 is 1.59. The first-order chi connectivity index (χ1) is 8.36. The fourth-order valence-corrected chi connectivity index (χ4v) is 1.84. The monoisotopic (exact) mass is 372 g/mol. The molecule has 0 fully saturated rings. The third kappa shape index (κ3) is 3.31. The smallest absolute Gasteiger partial charge is 0.310 e. The normalized spacial score (nSPS) is 10.5. The van der Waals surface area contributed by atoms with Gasteiger partial charge in [-0.3, -0.25) is 14.9 Å². The first-order valence-electron chi connectivity index (χ1n) is 4.55. The highest BCUT2D eigenvalue weighted by Crippen LogP contribution is 2.30. The zero-order valence-electron chi connectivity index (χ0n) is 9.02. The molecule has 0 spiro atoms. The van der Waals surface area contributed by atoms with Crippen molar-refractivity contribution < 1.29 is 23.2 Å². The van der Waals surface area contributed by atoms with Gasteiger partial charge < -0.3 is 4.74 Å². The van der Waals surface area contributed by atoms with Crippen molar-refractivity contribution in [2.45, 2.75) is 12.8 Å². The van der Waals surface area contributed by atoms with Gasteiger partial charge in [-0.25, -0.2) is 13.8 Å². The molecule has 0 bridgehead atoms. The molecule has 6 nitrogen and oxygen atoms in total. The summed E-state index contributed by atoms with van der Waals surface area (Å²) in [4.78, 5) is 24.6. The van der Waals surface area contributed by atoms with Gasteiger partial charge in [0.05, 0.1) is 24.0 Å². The lowest BCUT2D eigenvalue weighted by Crippen LogP contribution is -2.12. The highest BCUT2D eigenvalue weighted by atomic mass is 127. The van der Waals surface area contributed by atoms with Crippen molar-refractivity contribution in [3.05, 3.63) is 31.1 Å². The number of hydrogen-bond acceptors (Lipinski definition) is 5. The number of aromatic nitrogens is 1. The molecule has 0 aliphatic rings. The summed E-state index contributed by atoms with van der Waals surface area (Å²) in [6, 6.07) is 1.03. The zero-order valence-corrected chi connectivity index (χ0v) is 11.2. The number of esters is 1. The van der Waals surface area contributed by atoms with Gasteiger partial charge in [-0.2, -0.15) is 0 Å². The fraction of sp³-hybridized carbons (Fsp3) is 0.333. The largest absolute Gasteiger partial charge is 0.469 e. The van der Waals surface area contributed by atoms with Gasteiger partial charge >= 0.3 is 5.97 Å². The summed E-state index contributed by atoms with van der Waals surface area (Å²) in [6.45, 7) is 0. The van der Waals surface area contributed by atoms with Crippen LogP contribution >= 0.6 is 22.6 Å². The van der Waals surface area contributed by atoms with Gasteiger partial charge in [0.1, 0.15) is 9.39 Å². The van der Waals surface area contributed by atoms with Crippen molar-refractivity contribution in [1.82, 2.24) is 4.98 Å². The molecule has 0 amide bonds. The van der Waals surface area contributed by atoms with Crippen LogP contribution in [0.4, 0.5) is 14.5 Å². The number of carbonyl (C=O) groups excluding carboxylic acids is 1.